The van der Waals surface area contributed by atoms with Crippen molar-refractivity contribution < 1.29 is 14.3 Å². The summed E-state index contributed by atoms with van der Waals surface area (Å²) in [5.74, 6) is 0.403. The molecule has 7 heteroatoms. The molecular weight excluding hydrogens is 404 g/mol. The Morgan fingerprint density at radius 3 is 2.75 bits per heavy atom. The summed E-state index contributed by atoms with van der Waals surface area (Å²) >= 11 is 0. The van der Waals surface area contributed by atoms with Gasteiger partial charge in [0.1, 0.15) is 6.61 Å². The van der Waals surface area contributed by atoms with E-state index < -0.39 is 0 Å². The molecule has 0 spiro atoms. The SMILES string of the molecule is COCC(=O)Nc1cc(C(=O)N2C[C@H]3CC[C@@H]2C3)cc2ncn(CCc3ccccc3)c12. The topological polar surface area (TPSA) is 76.5 Å². The molecule has 1 saturated carbocycles. The molecule has 3 aromatic rings. The zero-order valence-electron chi connectivity index (χ0n) is 18.3. The Hall–Kier alpha value is -3.19. The van der Waals surface area contributed by atoms with Gasteiger partial charge in [0.15, 0.2) is 0 Å². The number of aromatic nitrogens is 2. The van der Waals surface area contributed by atoms with Crippen molar-refractivity contribution in [2.45, 2.75) is 38.3 Å². The Labute approximate surface area is 187 Å². The number of anilines is 1. The van der Waals surface area contributed by atoms with E-state index in [1.807, 2.05) is 33.7 Å². The van der Waals surface area contributed by atoms with Gasteiger partial charge in [0.2, 0.25) is 5.91 Å². The largest absolute Gasteiger partial charge is 0.375 e. The molecule has 2 heterocycles. The zero-order valence-corrected chi connectivity index (χ0v) is 18.3. The fraction of sp³-hybridized carbons (Fsp3) is 0.400. The van der Waals surface area contributed by atoms with Crippen LogP contribution < -0.4 is 5.32 Å². The van der Waals surface area contributed by atoms with E-state index in [1.54, 1.807) is 12.4 Å². The lowest BCUT2D eigenvalue weighted by molar-refractivity contribution is -0.119. The second-order valence-electron chi connectivity index (χ2n) is 8.84. The van der Waals surface area contributed by atoms with E-state index in [0.717, 1.165) is 37.9 Å². The van der Waals surface area contributed by atoms with E-state index in [1.165, 1.54) is 19.1 Å². The fourth-order valence-corrected chi connectivity index (χ4v) is 5.15. The molecule has 166 valence electrons. The lowest BCUT2D eigenvalue weighted by Crippen LogP contribution is -2.37. The number of carbonyl (C=O) groups is 2. The van der Waals surface area contributed by atoms with Gasteiger partial charge in [0.25, 0.3) is 5.91 Å². The highest BCUT2D eigenvalue weighted by atomic mass is 16.5. The first-order valence-corrected chi connectivity index (χ1v) is 11.2. The summed E-state index contributed by atoms with van der Waals surface area (Å²) in [4.78, 5) is 32.2. The molecule has 2 amide bonds. The number of rotatable bonds is 7. The lowest BCUT2D eigenvalue weighted by atomic mass is 10.1. The normalized spacial score (nSPS) is 19.6. The third kappa shape index (κ3) is 4.00. The van der Waals surface area contributed by atoms with Gasteiger partial charge in [0.05, 0.1) is 23.0 Å². The number of methoxy groups -OCH3 is 1. The number of nitrogens with one attached hydrogen (secondary N) is 1. The summed E-state index contributed by atoms with van der Waals surface area (Å²) in [5, 5.41) is 2.93. The summed E-state index contributed by atoms with van der Waals surface area (Å²) < 4.78 is 7.03. The van der Waals surface area contributed by atoms with E-state index in [0.29, 0.717) is 28.7 Å². The van der Waals surface area contributed by atoms with Crippen molar-refractivity contribution in [1.29, 1.82) is 0 Å². The number of ether oxygens (including phenoxy) is 1. The molecule has 1 saturated heterocycles. The predicted octanol–water partition coefficient (Wildman–Crippen LogP) is 3.49. The van der Waals surface area contributed by atoms with Gasteiger partial charge in [-0.2, -0.15) is 0 Å². The van der Waals surface area contributed by atoms with Gasteiger partial charge >= 0.3 is 0 Å². The van der Waals surface area contributed by atoms with Gasteiger partial charge in [-0.1, -0.05) is 30.3 Å². The maximum absolute atomic E-state index is 13.3. The number of amides is 2. The highest BCUT2D eigenvalue weighted by Crippen LogP contribution is 2.38. The summed E-state index contributed by atoms with van der Waals surface area (Å²) in [6.07, 6.45) is 6.04. The maximum Gasteiger partial charge on any atom is 0.254 e. The monoisotopic (exact) mass is 432 g/mol. The Morgan fingerprint density at radius 2 is 2.03 bits per heavy atom. The Balaban J connectivity index is 1.47. The summed E-state index contributed by atoms with van der Waals surface area (Å²) in [6.45, 7) is 1.50. The van der Waals surface area contributed by atoms with Crippen molar-refractivity contribution in [3.8, 4) is 0 Å². The van der Waals surface area contributed by atoms with Crippen molar-refractivity contribution in [1.82, 2.24) is 14.5 Å². The first-order chi connectivity index (χ1) is 15.6. The second-order valence-corrected chi connectivity index (χ2v) is 8.84. The van der Waals surface area contributed by atoms with E-state index in [4.69, 9.17) is 4.74 Å². The highest BCUT2D eigenvalue weighted by Gasteiger charge is 2.40. The molecule has 2 fully saturated rings. The zero-order chi connectivity index (χ0) is 22.1. The van der Waals surface area contributed by atoms with Gasteiger partial charge in [-0.3, -0.25) is 9.59 Å². The number of carbonyl (C=O) groups excluding carboxylic acids is 2. The van der Waals surface area contributed by atoms with Crippen LogP contribution in [0.4, 0.5) is 5.69 Å². The third-order valence-corrected chi connectivity index (χ3v) is 6.66. The van der Waals surface area contributed by atoms with Crippen molar-refractivity contribution >= 4 is 28.5 Å². The summed E-state index contributed by atoms with van der Waals surface area (Å²) in [7, 11) is 1.49. The molecule has 0 unspecified atom stereocenters. The van der Waals surface area contributed by atoms with Crippen molar-refractivity contribution in [2.24, 2.45) is 5.92 Å². The van der Waals surface area contributed by atoms with Crippen LogP contribution in [0.3, 0.4) is 0 Å². The molecule has 7 nitrogen and oxygen atoms in total. The first-order valence-electron chi connectivity index (χ1n) is 11.2. The van der Waals surface area contributed by atoms with E-state index in [2.05, 4.69) is 22.4 Å². The van der Waals surface area contributed by atoms with Gasteiger partial charge in [-0.05, 0) is 49.3 Å². The van der Waals surface area contributed by atoms with Gasteiger partial charge < -0.3 is 19.5 Å². The molecule has 1 aliphatic heterocycles. The van der Waals surface area contributed by atoms with Crippen molar-refractivity contribution in [3.63, 3.8) is 0 Å². The Bertz CT molecular complexity index is 1140. The van der Waals surface area contributed by atoms with Crippen molar-refractivity contribution in [3.05, 3.63) is 59.9 Å². The van der Waals surface area contributed by atoms with Crippen LogP contribution in [0.5, 0.6) is 0 Å². The molecule has 5 rings (SSSR count). The first kappa shape index (κ1) is 20.7. The molecule has 2 aromatic carbocycles. The number of nitrogens with zero attached hydrogens (tertiary/aromatic N) is 3. The van der Waals surface area contributed by atoms with E-state index in [9.17, 15) is 9.59 Å². The second kappa shape index (κ2) is 8.74. The minimum atomic E-state index is -0.255. The minimum Gasteiger partial charge on any atom is -0.375 e. The number of imidazole rings is 1. The number of benzene rings is 2. The average Bonchev–Trinajstić information content (AvgIpc) is 3.54. The molecule has 1 N–H and O–H groups in total. The lowest BCUT2D eigenvalue weighted by Gasteiger charge is -2.27. The van der Waals surface area contributed by atoms with Crippen LogP contribution in [0.25, 0.3) is 11.0 Å². The van der Waals surface area contributed by atoms with Crippen LogP contribution in [-0.4, -0.2) is 52.6 Å². The third-order valence-electron chi connectivity index (χ3n) is 6.66. The number of hydrogen-bond donors (Lipinski definition) is 1. The minimum absolute atomic E-state index is 0.0279. The maximum atomic E-state index is 13.3. The highest BCUT2D eigenvalue weighted by molar-refractivity contribution is 6.05. The van der Waals surface area contributed by atoms with Crippen molar-refractivity contribution in [2.75, 3.05) is 25.6 Å². The molecule has 1 aromatic heterocycles. The fourth-order valence-electron chi connectivity index (χ4n) is 5.15. The average molecular weight is 433 g/mol. The van der Waals surface area contributed by atoms with Gasteiger partial charge in [-0.25, -0.2) is 4.98 Å². The Morgan fingerprint density at radius 1 is 1.19 bits per heavy atom. The number of aryl methyl sites for hydroxylation is 2. The quantitative estimate of drug-likeness (QED) is 0.620. The summed E-state index contributed by atoms with van der Waals surface area (Å²) in [6, 6.07) is 14.3. The van der Waals surface area contributed by atoms with E-state index in [-0.39, 0.29) is 18.4 Å². The standard InChI is InChI=1S/C25H28N4O3/c1-32-15-23(30)27-22-13-19(25(31)29-14-18-7-8-20(29)11-18)12-21-24(22)28(16-26-21)10-9-17-5-3-2-4-6-17/h2-6,12-13,16,18,20H,7-11,14-15H2,1H3,(H,27,30)/t18-,20+/m0/s1. The van der Waals surface area contributed by atoms with Crippen LogP contribution in [-0.2, 0) is 22.5 Å². The van der Waals surface area contributed by atoms with E-state index >= 15 is 0 Å². The van der Waals surface area contributed by atoms with Gasteiger partial charge in [-0.15, -0.1) is 0 Å². The number of fused-ring (bicyclic) bond motifs is 3. The molecule has 0 radical (unpaired) electrons. The molecule has 32 heavy (non-hydrogen) atoms. The van der Waals surface area contributed by atoms with Crippen LogP contribution in [0, 0.1) is 5.92 Å². The number of piperidine rings is 1. The molecule has 2 bridgehead atoms. The summed E-state index contributed by atoms with van der Waals surface area (Å²) in [5.41, 5.74) is 3.94. The molecular formula is C25H28N4O3. The Kier molecular flexibility index (Phi) is 5.66. The van der Waals surface area contributed by atoms with Crippen LogP contribution >= 0.6 is 0 Å². The molecule has 2 aliphatic rings. The smallest absolute Gasteiger partial charge is 0.254 e. The van der Waals surface area contributed by atoms with Crippen LogP contribution in [0.15, 0.2) is 48.8 Å². The predicted molar refractivity (Wildman–Crippen MR) is 123 cm³/mol. The molecule has 1 aliphatic carbocycles. The number of hydrogen-bond acceptors (Lipinski definition) is 4. The van der Waals surface area contributed by atoms with Crippen LogP contribution in [0.2, 0.25) is 0 Å². The van der Waals surface area contributed by atoms with Crippen LogP contribution in [0.1, 0.15) is 35.2 Å². The van der Waals surface area contributed by atoms with Gasteiger partial charge in [0, 0.05) is 31.8 Å². The molecule has 2 atom stereocenters. The number of likely N-dealkylation sites (tertiary alicyclic amines) is 1.